The summed E-state index contributed by atoms with van der Waals surface area (Å²) in [5.74, 6) is -0.416. The van der Waals surface area contributed by atoms with Gasteiger partial charge in [0, 0.05) is 12.2 Å². The molecule has 0 radical (unpaired) electrons. The number of hydrogen-bond acceptors (Lipinski definition) is 4. The first-order valence-electron chi connectivity index (χ1n) is 6.40. The third-order valence-electron chi connectivity index (χ3n) is 3.22. The molecule has 2 rings (SSSR count). The van der Waals surface area contributed by atoms with Gasteiger partial charge in [-0.25, -0.2) is 4.79 Å². The first-order chi connectivity index (χ1) is 9.20. The molecule has 19 heavy (non-hydrogen) atoms. The summed E-state index contributed by atoms with van der Waals surface area (Å²) in [6, 6.07) is 6.77. The van der Waals surface area contributed by atoms with Crippen molar-refractivity contribution in [1.29, 1.82) is 0 Å². The van der Waals surface area contributed by atoms with Crippen LogP contribution in [0, 0.1) is 5.92 Å². The second-order valence-corrected chi connectivity index (χ2v) is 4.60. The molecule has 102 valence electrons. The number of carbonyl (C=O) groups excluding carboxylic acids is 2. The minimum Gasteiger partial charge on any atom is -0.465 e. The van der Waals surface area contributed by atoms with E-state index in [0.717, 1.165) is 19.4 Å². The second kappa shape index (κ2) is 6.33. The summed E-state index contributed by atoms with van der Waals surface area (Å²) in [5.41, 5.74) is 1.06. The van der Waals surface area contributed by atoms with Gasteiger partial charge in [-0.15, -0.1) is 0 Å². The standard InChI is InChI=1S/C14H18N2O3/c1-19-14(18)10-4-2-6-12(8-10)16-13(17)11-5-3-7-15-9-11/h2,4,6,8,11,15H,3,5,7,9H2,1H3,(H,16,17). The molecule has 1 aromatic carbocycles. The molecule has 1 heterocycles. The number of esters is 1. The quantitative estimate of drug-likeness (QED) is 0.808. The van der Waals surface area contributed by atoms with Crippen molar-refractivity contribution in [2.24, 2.45) is 5.92 Å². The number of benzene rings is 1. The number of nitrogens with one attached hydrogen (secondary N) is 2. The van der Waals surface area contributed by atoms with Crippen LogP contribution in [0.1, 0.15) is 23.2 Å². The first-order valence-corrected chi connectivity index (χ1v) is 6.40. The Bertz CT molecular complexity index is 468. The molecule has 1 aliphatic heterocycles. The fourth-order valence-electron chi connectivity index (χ4n) is 2.16. The zero-order valence-electron chi connectivity index (χ0n) is 10.9. The number of carbonyl (C=O) groups is 2. The number of hydrogen-bond donors (Lipinski definition) is 2. The van der Waals surface area contributed by atoms with E-state index in [0.29, 0.717) is 17.8 Å². The second-order valence-electron chi connectivity index (χ2n) is 4.60. The summed E-state index contributed by atoms with van der Waals surface area (Å²) in [6.07, 6.45) is 1.91. The number of amides is 1. The lowest BCUT2D eigenvalue weighted by molar-refractivity contribution is -0.120. The van der Waals surface area contributed by atoms with Gasteiger partial charge in [0.15, 0.2) is 0 Å². The van der Waals surface area contributed by atoms with Crippen LogP contribution in [0.15, 0.2) is 24.3 Å². The number of piperidine rings is 1. The highest BCUT2D eigenvalue weighted by atomic mass is 16.5. The van der Waals surface area contributed by atoms with Crippen molar-refractivity contribution in [3.05, 3.63) is 29.8 Å². The van der Waals surface area contributed by atoms with Crippen LogP contribution in [0.3, 0.4) is 0 Å². The Morgan fingerprint density at radius 3 is 2.95 bits per heavy atom. The molecule has 2 N–H and O–H groups in total. The minimum atomic E-state index is -0.407. The highest BCUT2D eigenvalue weighted by Crippen LogP contribution is 2.16. The van der Waals surface area contributed by atoms with Gasteiger partial charge in [0.2, 0.25) is 5.91 Å². The largest absolute Gasteiger partial charge is 0.465 e. The Balaban J connectivity index is 2.02. The Hall–Kier alpha value is -1.88. The molecule has 0 aliphatic carbocycles. The Morgan fingerprint density at radius 2 is 2.26 bits per heavy atom. The average molecular weight is 262 g/mol. The molecule has 5 heteroatoms. The van der Waals surface area contributed by atoms with Crippen molar-refractivity contribution >= 4 is 17.6 Å². The van der Waals surface area contributed by atoms with Crippen LogP contribution < -0.4 is 10.6 Å². The lowest BCUT2D eigenvalue weighted by Crippen LogP contribution is -2.37. The number of methoxy groups -OCH3 is 1. The van der Waals surface area contributed by atoms with Gasteiger partial charge in [-0.2, -0.15) is 0 Å². The van der Waals surface area contributed by atoms with E-state index in [1.165, 1.54) is 7.11 Å². The van der Waals surface area contributed by atoms with Crippen molar-refractivity contribution < 1.29 is 14.3 Å². The number of rotatable bonds is 3. The topological polar surface area (TPSA) is 67.4 Å². The van der Waals surface area contributed by atoms with Crippen LogP contribution in [-0.2, 0) is 9.53 Å². The predicted molar refractivity (Wildman–Crippen MR) is 72.0 cm³/mol. The van der Waals surface area contributed by atoms with Crippen LogP contribution >= 0.6 is 0 Å². The third kappa shape index (κ3) is 3.54. The molecule has 1 saturated heterocycles. The van der Waals surface area contributed by atoms with E-state index in [2.05, 4.69) is 15.4 Å². The molecule has 5 nitrogen and oxygen atoms in total. The lowest BCUT2D eigenvalue weighted by Gasteiger charge is -2.21. The van der Waals surface area contributed by atoms with E-state index >= 15 is 0 Å². The average Bonchev–Trinajstić information content (AvgIpc) is 2.47. The minimum absolute atomic E-state index is 0.00414. The Labute approximate surface area is 112 Å². The highest BCUT2D eigenvalue weighted by Gasteiger charge is 2.21. The Morgan fingerprint density at radius 1 is 1.42 bits per heavy atom. The number of anilines is 1. The van der Waals surface area contributed by atoms with Crippen LogP contribution in [0.2, 0.25) is 0 Å². The summed E-state index contributed by atoms with van der Waals surface area (Å²) < 4.78 is 4.65. The molecule has 0 aromatic heterocycles. The molecule has 1 fully saturated rings. The fraction of sp³-hybridized carbons (Fsp3) is 0.429. The maximum atomic E-state index is 12.1. The molecule has 1 aromatic rings. The summed E-state index contributed by atoms with van der Waals surface area (Å²) >= 11 is 0. The van der Waals surface area contributed by atoms with E-state index in [1.54, 1.807) is 24.3 Å². The summed E-state index contributed by atoms with van der Waals surface area (Å²) in [5, 5.41) is 6.05. The smallest absolute Gasteiger partial charge is 0.337 e. The van der Waals surface area contributed by atoms with Gasteiger partial charge < -0.3 is 15.4 Å². The third-order valence-corrected chi connectivity index (χ3v) is 3.22. The lowest BCUT2D eigenvalue weighted by atomic mass is 9.99. The van der Waals surface area contributed by atoms with Crippen LogP contribution in [-0.4, -0.2) is 32.1 Å². The molecule has 1 unspecified atom stereocenters. The van der Waals surface area contributed by atoms with E-state index < -0.39 is 5.97 Å². The summed E-state index contributed by atoms with van der Waals surface area (Å²) in [7, 11) is 1.33. The zero-order chi connectivity index (χ0) is 13.7. The van der Waals surface area contributed by atoms with Crippen LogP contribution in [0.25, 0.3) is 0 Å². The van der Waals surface area contributed by atoms with E-state index in [9.17, 15) is 9.59 Å². The highest BCUT2D eigenvalue weighted by molar-refractivity contribution is 5.95. The summed E-state index contributed by atoms with van der Waals surface area (Å²) in [6.45, 7) is 1.68. The molecular formula is C14H18N2O3. The van der Waals surface area contributed by atoms with E-state index in [1.807, 2.05) is 0 Å². The SMILES string of the molecule is COC(=O)c1cccc(NC(=O)C2CCCNC2)c1. The first kappa shape index (κ1) is 13.5. The zero-order valence-corrected chi connectivity index (χ0v) is 10.9. The molecule has 0 saturated carbocycles. The van der Waals surface area contributed by atoms with Gasteiger partial charge in [0.05, 0.1) is 18.6 Å². The van der Waals surface area contributed by atoms with Crippen molar-refractivity contribution in [3.8, 4) is 0 Å². The van der Waals surface area contributed by atoms with Crippen molar-refractivity contribution in [1.82, 2.24) is 5.32 Å². The predicted octanol–water partition coefficient (Wildman–Crippen LogP) is 1.41. The fourth-order valence-corrected chi connectivity index (χ4v) is 2.16. The van der Waals surface area contributed by atoms with Crippen LogP contribution in [0.4, 0.5) is 5.69 Å². The van der Waals surface area contributed by atoms with Gasteiger partial charge in [-0.3, -0.25) is 4.79 Å². The van der Waals surface area contributed by atoms with Gasteiger partial charge in [-0.1, -0.05) is 6.07 Å². The van der Waals surface area contributed by atoms with Gasteiger partial charge in [0.1, 0.15) is 0 Å². The van der Waals surface area contributed by atoms with Crippen molar-refractivity contribution in [2.75, 3.05) is 25.5 Å². The molecular weight excluding hydrogens is 244 g/mol. The number of ether oxygens (including phenoxy) is 1. The maximum absolute atomic E-state index is 12.1. The van der Waals surface area contributed by atoms with Gasteiger partial charge in [-0.05, 0) is 37.6 Å². The molecule has 1 amide bonds. The van der Waals surface area contributed by atoms with Gasteiger partial charge in [0.25, 0.3) is 0 Å². The van der Waals surface area contributed by atoms with Crippen molar-refractivity contribution in [2.45, 2.75) is 12.8 Å². The summed E-state index contributed by atoms with van der Waals surface area (Å²) in [4.78, 5) is 23.5. The molecule has 1 aliphatic rings. The van der Waals surface area contributed by atoms with Crippen LogP contribution in [0.5, 0.6) is 0 Å². The molecule has 1 atom stereocenters. The molecule has 0 spiro atoms. The van der Waals surface area contributed by atoms with Gasteiger partial charge >= 0.3 is 5.97 Å². The Kier molecular flexibility index (Phi) is 4.52. The van der Waals surface area contributed by atoms with E-state index in [4.69, 9.17) is 0 Å². The van der Waals surface area contributed by atoms with Crippen molar-refractivity contribution in [3.63, 3.8) is 0 Å². The molecule has 0 bridgehead atoms. The normalized spacial score (nSPS) is 18.7. The van der Waals surface area contributed by atoms with E-state index in [-0.39, 0.29) is 11.8 Å². The maximum Gasteiger partial charge on any atom is 0.337 e. The monoisotopic (exact) mass is 262 g/mol.